The number of ether oxygens (including phenoxy) is 1. The fourth-order valence-electron chi connectivity index (χ4n) is 2.45. The van der Waals surface area contributed by atoms with Crippen molar-refractivity contribution in [1.82, 2.24) is 9.97 Å². The van der Waals surface area contributed by atoms with Gasteiger partial charge in [0.1, 0.15) is 0 Å². The highest BCUT2D eigenvalue weighted by atomic mass is 19.1. The lowest BCUT2D eigenvalue weighted by atomic mass is 9.99. The van der Waals surface area contributed by atoms with Gasteiger partial charge in [-0.2, -0.15) is 4.98 Å². The summed E-state index contributed by atoms with van der Waals surface area (Å²) in [7, 11) is 1.70. The van der Waals surface area contributed by atoms with Crippen molar-refractivity contribution in [2.75, 3.05) is 43.6 Å². The van der Waals surface area contributed by atoms with Crippen LogP contribution < -0.4 is 10.2 Å². The maximum Gasteiger partial charge on any atom is 0.224 e. The summed E-state index contributed by atoms with van der Waals surface area (Å²) in [6.07, 6.45) is 3.39. The molecule has 1 fully saturated rings. The Kier molecular flexibility index (Phi) is 4.90. The molecule has 19 heavy (non-hydrogen) atoms. The molecule has 1 saturated heterocycles. The molecular formula is C13H21FN4O. The van der Waals surface area contributed by atoms with Crippen LogP contribution in [0.1, 0.15) is 19.8 Å². The molecule has 2 rings (SSSR count). The van der Waals surface area contributed by atoms with Crippen LogP contribution in [0.2, 0.25) is 0 Å². The molecule has 6 heteroatoms. The minimum absolute atomic E-state index is 0.361. The van der Waals surface area contributed by atoms with Gasteiger partial charge in [0.15, 0.2) is 11.6 Å². The van der Waals surface area contributed by atoms with Crippen LogP contribution in [0.15, 0.2) is 6.20 Å². The molecule has 0 amide bonds. The fraction of sp³-hybridized carbons (Fsp3) is 0.692. The van der Waals surface area contributed by atoms with Gasteiger partial charge >= 0.3 is 0 Å². The Morgan fingerprint density at radius 2 is 2.42 bits per heavy atom. The van der Waals surface area contributed by atoms with E-state index in [2.05, 4.69) is 15.3 Å². The molecule has 1 N–H and O–H groups in total. The average molecular weight is 268 g/mol. The molecule has 1 aromatic rings. The van der Waals surface area contributed by atoms with Crippen molar-refractivity contribution >= 4 is 11.8 Å². The second-order valence-corrected chi connectivity index (χ2v) is 4.81. The third-order valence-electron chi connectivity index (χ3n) is 3.28. The summed E-state index contributed by atoms with van der Waals surface area (Å²) in [6, 6.07) is 0. The summed E-state index contributed by atoms with van der Waals surface area (Å²) >= 11 is 0. The Labute approximate surface area is 113 Å². The van der Waals surface area contributed by atoms with Crippen molar-refractivity contribution in [3.63, 3.8) is 0 Å². The molecule has 1 aliphatic heterocycles. The van der Waals surface area contributed by atoms with Crippen LogP contribution in [0.4, 0.5) is 16.2 Å². The van der Waals surface area contributed by atoms with Crippen LogP contribution in [-0.2, 0) is 4.74 Å². The van der Waals surface area contributed by atoms with Crippen molar-refractivity contribution in [2.24, 2.45) is 5.92 Å². The van der Waals surface area contributed by atoms with Gasteiger partial charge in [-0.25, -0.2) is 9.37 Å². The standard InChI is InChI=1S/C13H21FN4O/c1-3-15-13-16-7-11(14)12(17-13)18-6-4-5-10(8-18)9-19-2/h7,10H,3-6,8-9H2,1-2H3,(H,15,16,17). The monoisotopic (exact) mass is 268 g/mol. The second-order valence-electron chi connectivity index (χ2n) is 4.81. The number of rotatable bonds is 5. The number of methoxy groups -OCH3 is 1. The zero-order chi connectivity index (χ0) is 13.7. The summed E-state index contributed by atoms with van der Waals surface area (Å²) in [4.78, 5) is 10.2. The van der Waals surface area contributed by atoms with Gasteiger partial charge < -0.3 is 15.0 Å². The van der Waals surface area contributed by atoms with E-state index >= 15 is 0 Å². The van der Waals surface area contributed by atoms with E-state index in [1.807, 2.05) is 11.8 Å². The maximum absolute atomic E-state index is 13.9. The molecule has 5 nitrogen and oxygen atoms in total. The third-order valence-corrected chi connectivity index (χ3v) is 3.28. The van der Waals surface area contributed by atoms with Crippen LogP contribution in [-0.4, -0.2) is 43.3 Å². The van der Waals surface area contributed by atoms with Crippen molar-refractivity contribution in [2.45, 2.75) is 19.8 Å². The van der Waals surface area contributed by atoms with E-state index in [1.54, 1.807) is 7.11 Å². The molecule has 0 spiro atoms. The quantitative estimate of drug-likeness (QED) is 0.884. The van der Waals surface area contributed by atoms with Crippen LogP contribution in [0.25, 0.3) is 0 Å². The molecule has 1 aliphatic rings. The molecular weight excluding hydrogens is 247 g/mol. The van der Waals surface area contributed by atoms with Gasteiger partial charge in [-0.05, 0) is 25.7 Å². The Morgan fingerprint density at radius 1 is 1.58 bits per heavy atom. The van der Waals surface area contributed by atoms with Gasteiger partial charge in [0.25, 0.3) is 0 Å². The van der Waals surface area contributed by atoms with Crippen LogP contribution in [0.5, 0.6) is 0 Å². The molecule has 106 valence electrons. The zero-order valence-corrected chi connectivity index (χ0v) is 11.5. The van der Waals surface area contributed by atoms with E-state index in [9.17, 15) is 4.39 Å². The van der Waals surface area contributed by atoms with E-state index in [0.29, 0.717) is 24.3 Å². The number of nitrogens with one attached hydrogen (secondary N) is 1. The van der Waals surface area contributed by atoms with E-state index in [4.69, 9.17) is 4.74 Å². The molecule has 2 heterocycles. The molecule has 1 aromatic heterocycles. The van der Waals surface area contributed by atoms with Gasteiger partial charge in [0, 0.05) is 26.7 Å². The lowest BCUT2D eigenvalue weighted by molar-refractivity contribution is 0.143. The lowest BCUT2D eigenvalue weighted by Gasteiger charge is -2.33. The molecule has 0 radical (unpaired) electrons. The van der Waals surface area contributed by atoms with Crippen LogP contribution >= 0.6 is 0 Å². The van der Waals surface area contributed by atoms with E-state index in [0.717, 1.165) is 32.5 Å². The number of nitrogens with zero attached hydrogens (tertiary/aromatic N) is 3. The number of halogens is 1. The number of hydrogen-bond donors (Lipinski definition) is 1. The Bertz CT molecular complexity index is 414. The second kappa shape index (κ2) is 6.65. The third kappa shape index (κ3) is 3.53. The summed E-state index contributed by atoms with van der Waals surface area (Å²) in [5, 5.41) is 3.01. The van der Waals surface area contributed by atoms with E-state index < -0.39 is 0 Å². The highest BCUT2D eigenvalue weighted by Gasteiger charge is 2.23. The lowest BCUT2D eigenvalue weighted by Crippen LogP contribution is -2.38. The van der Waals surface area contributed by atoms with Gasteiger partial charge in [0.05, 0.1) is 12.8 Å². The van der Waals surface area contributed by atoms with Crippen molar-refractivity contribution in [3.8, 4) is 0 Å². The van der Waals surface area contributed by atoms with Crippen molar-refractivity contribution in [3.05, 3.63) is 12.0 Å². The Morgan fingerprint density at radius 3 is 3.16 bits per heavy atom. The van der Waals surface area contributed by atoms with Gasteiger partial charge in [-0.1, -0.05) is 0 Å². The van der Waals surface area contributed by atoms with E-state index in [-0.39, 0.29) is 5.82 Å². The molecule has 1 unspecified atom stereocenters. The first-order valence-corrected chi connectivity index (χ1v) is 6.75. The minimum atomic E-state index is -0.361. The molecule has 1 atom stereocenters. The molecule has 0 saturated carbocycles. The number of hydrogen-bond acceptors (Lipinski definition) is 5. The van der Waals surface area contributed by atoms with Crippen LogP contribution in [0.3, 0.4) is 0 Å². The first-order valence-electron chi connectivity index (χ1n) is 6.75. The predicted molar refractivity (Wildman–Crippen MR) is 73.0 cm³/mol. The maximum atomic E-state index is 13.9. The highest BCUT2D eigenvalue weighted by Crippen LogP contribution is 2.24. The zero-order valence-electron chi connectivity index (χ0n) is 11.5. The molecule has 0 aliphatic carbocycles. The SMILES string of the molecule is CCNc1ncc(F)c(N2CCCC(COC)C2)n1. The van der Waals surface area contributed by atoms with Crippen molar-refractivity contribution in [1.29, 1.82) is 0 Å². The summed E-state index contributed by atoms with van der Waals surface area (Å²) in [6.45, 7) is 5.01. The van der Waals surface area contributed by atoms with Crippen molar-refractivity contribution < 1.29 is 9.13 Å². The smallest absolute Gasteiger partial charge is 0.224 e. The van der Waals surface area contributed by atoms with Gasteiger partial charge in [-0.15, -0.1) is 0 Å². The van der Waals surface area contributed by atoms with E-state index in [1.165, 1.54) is 6.20 Å². The summed E-state index contributed by atoms with van der Waals surface area (Å²) in [5.41, 5.74) is 0. The minimum Gasteiger partial charge on any atom is -0.384 e. The first-order chi connectivity index (χ1) is 9.24. The Balaban J connectivity index is 2.13. The number of aromatic nitrogens is 2. The summed E-state index contributed by atoms with van der Waals surface area (Å²) in [5.74, 6) is 0.954. The van der Waals surface area contributed by atoms with Crippen LogP contribution in [0, 0.1) is 11.7 Å². The fourth-order valence-corrected chi connectivity index (χ4v) is 2.45. The summed E-state index contributed by atoms with van der Waals surface area (Å²) < 4.78 is 19.1. The molecule has 0 aromatic carbocycles. The highest BCUT2D eigenvalue weighted by molar-refractivity contribution is 5.44. The first kappa shape index (κ1) is 14.0. The normalized spacial score (nSPS) is 19.5. The van der Waals surface area contributed by atoms with Gasteiger partial charge in [0.2, 0.25) is 5.95 Å². The Hall–Kier alpha value is -1.43. The number of piperidine rings is 1. The average Bonchev–Trinajstić information content (AvgIpc) is 2.42. The molecule has 0 bridgehead atoms. The largest absolute Gasteiger partial charge is 0.384 e. The van der Waals surface area contributed by atoms with Gasteiger partial charge in [-0.3, -0.25) is 0 Å². The number of anilines is 2. The topological polar surface area (TPSA) is 50.3 Å². The predicted octanol–water partition coefficient (Wildman–Crippen LogP) is 1.91.